The molecule has 0 atom stereocenters. The molecule has 0 bridgehead atoms. The number of nitro groups is 1. The van der Waals surface area contributed by atoms with Gasteiger partial charge >= 0.3 is 0 Å². The Bertz CT molecular complexity index is 1020. The number of nitrogens with one attached hydrogen (secondary N) is 2. The zero-order valence-corrected chi connectivity index (χ0v) is 15.1. The first kappa shape index (κ1) is 18.3. The van der Waals surface area contributed by atoms with Crippen LogP contribution in [0.2, 0.25) is 0 Å². The van der Waals surface area contributed by atoms with Crippen LogP contribution in [-0.4, -0.2) is 16.7 Å². The number of rotatable bonds is 5. The highest BCUT2D eigenvalue weighted by atomic mass is 32.1. The van der Waals surface area contributed by atoms with E-state index in [1.54, 1.807) is 30.3 Å². The lowest BCUT2D eigenvalue weighted by Crippen LogP contribution is -2.14. The summed E-state index contributed by atoms with van der Waals surface area (Å²) in [7, 11) is 0. The van der Waals surface area contributed by atoms with Crippen LogP contribution in [0.4, 0.5) is 17.1 Å². The number of hydrogen-bond donors (Lipinski definition) is 2. The minimum atomic E-state index is -0.553. The van der Waals surface area contributed by atoms with Crippen molar-refractivity contribution in [2.75, 3.05) is 10.6 Å². The topological polar surface area (TPSA) is 101 Å². The van der Waals surface area contributed by atoms with Crippen LogP contribution in [0, 0.1) is 17.0 Å². The van der Waals surface area contributed by atoms with Gasteiger partial charge in [0.05, 0.1) is 9.80 Å². The molecule has 1 heterocycles. The Morgan fingerprint density at radius 2 is 1.81 bits per heavy atom. The summed E-state index contributed by atoms with van der Waals surface area (Å²) >= 11 is 1.33. The summed E-state index contributed by atoms with van der Waals surface area (Å²) in [6.45, 7) is 1.81. The molecule has 3 rings (SSSR count). The smallest absolute Gasteiger partial charge is 0.270 e. The van der Waals surface area contributed by atoms with Crippen LogP contribution in [0.15, 0.2) is 60.0 Å². The van der Waals surface area contributed by atoms with Crippen molar-refractivity contribution in [1.82, 2.24) is 0 Å². The summed E-state index contributed by atoms with van der Waals surface area (Å²) in [6, 6.07) is 14.2. The molecule has 0 fully saturated rings. The fourth-order valence-electron chi connectivity index (χ4n) is 2.39. The minimum absolute atomic E-state index is 0.156. The Morgan fingerprint density at radius 3 is 2.52 bits per heavy atom. The number of non-ortho nitro benzene ring substituents is 1. The van der Waals surface area contributed by atoms with Crippen LogP contribution >= 0.6 is 11.3 Å². The summed E-state index contributed by atoms with van der Waals surface area (Å²) in [5.74, 6) is -0.701. The van der Waals surface area contributed by atoms with Gasteiger partial charge in [-0.15, -0.1) is 11.3 Å². The molecular weight excluding hydrogens is 366 g/mol. The van der Waals surface area contributed by atoms with E-state index in [1.807, 2.05) is 12.3 Å². The Kier molecular flexibility index (Phi) is 5.28. The molecule has 136 valence electrons. The zero-order chi connectivity index (χ0) is 19.4. The molecule has 0 spiro atoms. The Labute approximate surface area is 158 Å². The molecule has 0 aliphatic heterocycles. The van der Waals surface area contributed by atoms with Crippen molar-refractivity contribution in [3.8, 4) is 0 Å². The minimum Gasteiger partial charge on any atom is -0.322 e. The van der Waals surface area contributed by atoms with E-state index >= 15 is 0 Å². The predicted molar refractivity (Wildman–Crippen MR) is 105 cm³/mol. The third-order valence-electron chi connectivity index (χ3n) is 3.81. The maximum atomic E-state index is 12.4. The quantitative estimate of drug-likeness (QED) is 0.503. The van der Waals surface area contributed by atoms with Gasteiger partial charge in [0.1, 0.15) is 0 Å². The summed E-state index contributed by atoms with van der Waals surface area (Å²) in [6.07, 6.45) is 0. The number of benzene rings is 2. The molecule has 0 unspecified atom stereocenters. The second-order valence-electron chi connectivity index (χ2n) is 5.72. The molecule has 0 aliphatic rings. The fraction of sp³-hybridized carbons (Fsp3) is 0.0526. The molecule has 0 radical (unpaired) electrons. The van der Waals surface area contributed by atoms with Crippen molar-refractivity contribution in [2.24, 2.45) is 0 Å². The molecule has 27 heavy (non-hydrogen) atoms. The van der Waals surface area contributed by atoms with Crippen molar-refractivity contribution < 1.29 is 14.5 Å². The van der Waals surface area contributed by atoms with Gasteiger partial charge < -0.3 is 10.6 Å². The van der Waals surface area contributed by atoms with Crippen molar-refractivity contribution in [1.29, 1.82) is 0 Å². The first-order valence-corrected chi connectivity index (χ1v) is 8.83. The number of carbonyl (C=O) groups is 2. The molecule has 3 aromatic rings. The van der Waals surface area contributed by atoms with E-state index in [4.69, 9.17) is 0 Å². The lowest BCUT2D eigenvalue weighted by Gasteiger charge is -2.11. The number of anilines is 2. The number of hydrogen-bond acceptors (Lipinski definition) is 5. The van der Waals surface area contributed by atoms with E-state index in [1.165, 1.54) is 35.6 Å². The number of amides is 2. The van der Waals surface area contributed by atoms with Gasteiger partial charge in [0, 0.05) is 29.1 Å². The molecule has 0 saturated heterocycles. The highest BCUT2D eigenvalue weighted by Gasteiger charge is 2.13. The maximum Gasteiger partial charge on any atom is 0.270 e. The van der Waals surface area contributed by atoms with E-state index in [0.717, 1.165) is 5.56 Å². The first-order valence-electron chi connectivity index (χ1n) is 7.95. The van der Waals surface area contributed by atoms with Crippen molar-refractivity contribution in [2.45, 2.75) is 6.92 Å². The lowest BCUT2D eigenvalue weighted by molar-refractivity contribution is -0.384. The number of carbonyl (C=O) groups excluding carboxylic acids is 2. The summed E-state index contributed by atoms with van der Waals surface area (Å²) in [4.78, 5) is 35.5. The molecule has 7 nitrogen and oxygen atoms in total. The van der Waals surface area contributed by atoms with Crippen LogP contribution in [0.3, 0.4) is 0 Å². The fourth-order valence-corrected chi connectivity index (χ4v) is 3.01. The molecular formula is C19H15N3O4S. The Morgan fingerprint density at radius 1 is 1.00 bits per heavy atom. The molecule has 1 aromatic heterocycles. The number of aryl methyl sites for hydroxylation is 1. The van der Waals surface area contributed by atoms with Crippen molar-refractivity contribution in [3.63, 3.8) is 0 Å². The highest BCUT2D eigenvalue weighted by Crippen LogP contribution is 2.23. The normalized spacial score (nSPS) is 10.3. The molecule has 2 amide bonds. The van der Waals surface area contributed by atoms with Gasteiger partial charge in [-0.1, -0.05) is 18.2 Å². The Balaban J connectivity index is 1.78. The predicted octanol–water partition coefficient (Wildman–Crippen LogP) is 4.47. The van der Waals surface area contributed by atoms with Crippen molar-refractivity contribution >= 4 is 40.2 Å². The van der Waals surface area contributed by atoms with Gasteiger partial charge in [-0.05, 0) is 42.1 Å². The monoisotopic (exact) mass is 381 g/mol. The third-order valence-corrected chi connectivity index (χ3v) is 4.68. The second kappa shape index (κ2) is 7.79. The highest BCUT2D eigenvalue weighted by molar-refractivity contribution is 7.12. The van der Waals surface area contributed by atoms with Crippen LogP contribution in [0.25, 0.3) is 0 Å². The number of nitro benzene ring substituents is 1. The molecule has 8 heteroatoms. The summed E-state index contributed by atoms with van der Waals surface area (Å²) < 4.78 is 0. The SMILES string of the molecule is Cc1ccc(NC(=O)c2cccs2)cc1NC(=O)c1cccc([N+](=O)[O-])c1. The average Bonchev–Trinajstić information content (AvgIpc) is 3.19. The lowest BCUT2D eigenvalue weighted by atomic mass is 10.1. The number of nitrogens with zero attached hydrogens (tertiary/aromatic N) is 1. The largest absolute Gasteiger partial charge is 0.322 e. The van der Waals surface area contributed by atoms with Crippen molar-refractivity contribution in [3.05, 3.63) is 86.1 Å². The van der Waals surface area contributed by atoms with Gasteiger partial charge in [0.2, 0.25) is 0 Å². The average molecular weight is 381 g/mol. The molecule has 0 saturated carbocycles. The maximum absolute atomic E-state index is 12.4. The van der Waals surface area contributed by atoms with Crippen LogP contribution < -0.4 is 10.6 Å². The first-order chi connectivity index (χ1) is 12.9. The van der Waals surface area contributed by atoms with E-state index < -0.39 is 10.8 Å². The van der Waals surface area contributed by atoms with Gasteiger partial charge in [-0.2, -0.15) is 0 Å². The molecule has 2 N–H and O–H groups in total. The standard InChI is InChI=1S/C19H15N3O4S/c1-12-7-8-14(20-19(24)17-6-3-9-27-17)11-16(12)21-18(23)13-4-2-5-15(10-13)22(25)26/h2-11H,1H3,(H,20,24)(H,21,23). The van der Waals surface area contributed by atoms with E-state index in [9.17, 15) is 19.7 Å². The second-order valence-corrected chi connectivity index (χ2v) is 6.67. The van der Waals surface area contributed by atoms with E-state index in [-0.39, 0.29) is 17.2 Å². The molecule has 2 aromatic carbocycles. The van der Waals surface area contributed by atoms with Crippen LogP contribution in [-0.2, 0) is 0 Å². The van der Waals surface area contributed by atoms with E-state index in [0.29, 0.717) is 16.3 Å². The third kappa shape index (κ3) is 4.36. The van der Waals surface area contributed by atoms with Gasteiger partial charge in [0.25, 0.3) is 17.5 Å². The van der Waals surface area contributed by atoms with Crippen LogP contribution in [0.1, 0.15) is 25.6 Å². The summed E-state index contributed by atoms with van der Waals surface area (Å²) in [5.41, 5.74) is 1.86. The zero-order valence-electron chi connectivity index (χ0n) is 14.3. The number of thiophene rings is 1. The molecule has 0 aliphatic carbocycles. The van der Waals surface area contributed by atoms with Gasteiger partial charge in [-0.25, -0.2) is 0 Å². The van der Waals surface area contributed by atoms with Gasteiger partial charge in [-0.3, -0.25) is 19.7 Å². The van der Waals surface area contributed by atoms with Gasteiger partial charge in [0.15, 0.2) is 0 Å². The summed E-state index contributed by atoms with van der Waals surface area (Å²) in [5, 5.41) is 18.2. The van der Waals surface area contributed by atoms with Crippen LogP contribution in [0.5, 0.6) is 0 Å². The van der Waals surface area contributed by atoms with E-state index in [2.05, 4.69) is 10.6 Å². The Hall–Kier alpha value is -3.52.